The third-order valence-corrected chi connectivity index (χ3v) is 5.65. The number of rotatable bonds is 3. The maximum Gasteiger partial charge on any atom is 0.417 e. The number of benzene rings is 2. The highest BCUT2D eigenvalue weighted by Crippen LogP contribution is 2.33. The summed E-state index contributed by atoms with van der Waals surface area (Å²) in [6.07, 6.45) is -3.22. The predicted octanol–water partition coefficient (Wildman–Crippen LogP) is 4.58. The van der Waals surface area contributed by atoms with Crippen LogP contribution in [-0.2, 0) is 12.7 Å². The number of piperazine rings is 1. The number of fused-ring (bicyclic) bond motifs is 2. The smallest absolute Gasteiger partial charge is 0.314 e. The molecule has 0 aliphatic carbocycles. The predicted molar refractivity (Wildman–Crippen MR) is 111 cm³/mol. The second-order valence-electron chi connectivity index (χ2n) is 7.64. The van der Waals surface area contributed by atoms with Gasteiger partial charge in [-0.3, -0.25) is 4.90 Å². The van der Waals surface area contributed by atoms with E-state index in [4.69, 9.17) is 4.98 Å². The van der Waals surface area contributed by atoms with E-state index in [-0.39, 0.29) is 0 Å². The molecule has 30 heavy (non-hydrogen) atoms. The minimum atomic E-state index is -4.39. The fourth-order valence-electron chi connectivity index (χ4n) is 4.06. The number of aromatic nitrogens is 2. The first-order chi connectivity index (χ1) is 14.5. The van der Waals surface area contributed by atoms with Crippen molar-refractivity contribution < 1.29 is 13.2 Å². The Labute approximate surface area is 171 Å². The number of pyridine rings is 1. The van der Waals surface area contributed by atoms with Gasteiger partial charge in [-0.15, -0.1) is 0 Å². The van der Waals surface area contributed by atoms with Gasteiger partial charge in [0.1, 0.15) is 5.65 Å². The van der Waals surface area contributed by atoms with E-state index < -0.39 is 11.7 Å². The molecule has 1 fully saturated rings. The molecule has 0 amide bonds. The minimum Gasteiger partial charge on any atom is -0.314 e. The van der Waals surface area contributed by atoms with E-state index in [9.17, 15) is 13.2 Å². The molecule has 4 nitrogen and oxygen atoms in total. The van der Waals surface area contributed by atoms with Crippen LogP contribution in [0.5, 0.6) is 0 Å². The SMILES string of the molecule is FC(F)(F)c1ccc2nc(-c3ccc4ccccc4c3)c(CN3CCNCC3)n2c1. The Morgan fingerprint density at radius 1 is 0.933 bits per heavy atom. The van der Waals surface area contributed by atoms with Gasteiger partial charge in [0.05, 0.1) is 17.0 Å². The number of halogens is 3. The monoisotopic (exact) mass is 410 g/mol. The molecular weight excluding hydrogens is 389 g/mol. The average Bonchev–Trinajstić information content (AvgIpc) is 3.11. The summed E-state index contributed by atoms with van der Waals surface area (Å²) < 4.78 is 41.7. The van der Waals surface area contributed by atoms with E-state index in [0.717, 1.165) is 60.0 Å². The normalized spacial score (nSPS) is 15.8. The highest BCUT2D eigenvalue weighted by molar-refractivity contribution is 5.87. The van der Waals surface area contributed by atoms with Crippen LogP contribution in [0.3, 0.4) is 0 Å². The van der Waals surface area contributed by atoms with Gasteiger partial charge in [-0.25, -0.2) is 4.98 Å². The van der Waals surface area contributed by atoms with Crippen LogP contribution >= 0.6 is 0 Å². The molecule has 0 spiro atoms. The molecule has 0 atom stereocenters. The summed E-state index contributed by atoms with van der Waals surface area (Å²) in [5, 5.41) is 5.51. The molecule has 0 radical (unpaired) electrons. The van der Waals surface area contributed by atoms with Crippen molar-refractivity contribution in [3.05, 3.63) is 72.1 Å². The molecule has 7 heteroatoms. The van der Waals surface area contributed by atoms with Gasteiger partial charge in [-0.1, -0.05) is 36.4 Å². The minimum absolute atomic E-state index is 0.524. The van der Waals surface area contributed by atoms with Gasteiger partial charge in [0.25, 0.3) is 0 Å². The van der Waals surface area contributed by atoms with E-state index >= 15 is 0 Å². The van der Waals surface area contributed by atoms with E-state index in [1.807, 2.05) is 36.4 Å². The third kappa shape index (κ3) is 3.55. The van der Waals surface area contributed by atoms with Gasteiger partial charge in [-0.2, -0.15) is 13.2 Å². The standard InChI is InChI=1S/C23H21F3N4/c24-23(25,26)19-7-8-21-28-22(18-6-5-16-3-1-2-4-17(16)13-18)20(30(21)14-19)15-29-11-9-27-10-12-29/h1-8,13-14,27H,9-12,15H2. The fraction of sp³-hybridized carbons (Fsp3) is 0.261. The van der Waals surface area contributed by atoms with Crippen molar-refractivity contribution in [1.82, 2.24) is 19.6 Å². The van der Waals surface area contributed by atoms with Gasteiger partial charge >= 0.3 is 6.18 Å². The molecular formula is C23H21F3N4. The summed E-state index contributed by atoms with van der Waals surface area (Å²) in [5.41, 5.74) is 2.29. The topological polar surface area (TPSA) is 32.6 Å². The number of alkyl halides is 3. The molecule has 0 unspecified atom stereocenters. The highest BCUT2D eigenvalue weighted by atomic mass is 19.4. The second kappa shape index (κ2) is 7.41. The summed E-state index contributed by atoms with van der Waals surface area (Å²) >= 11 is 0. The van der Waals surface area contributed by atoms with Crippen molar-refractivity contribution in [3.63, 3.8) is 0 Å². The maximum atomic E-state index is 13.4. The van der Waals surface area contributed by atoms with Crippen LogP contribution < -0.4 is 5.32 Å². The van der Waals surface area contributed by atoms with Crippen molar-refractivity contribution in [2.24, 2.45) is 0 Å². The first-order valence-electron chi connectivity index (χ1n) is 9.99. The van der Waals surface area contributed by atoms with Crippen molar-refractivity contribution >= 4 is 16.4 Å². The molecule has 1 N–H and O–H groups in total. The quantitative estimate of drug-likeness (QED) is 0.537. The summed E-state index contributed by atoms with van der Waals surface area (Å²) in [7, 11) is 0. The molecule has 0 saturated carbocycles. The van der Waals surface area contributed by atoms with Gasteiger partial charge in [-0.05, 0) is 29.0 Å². The van der Waals surface area contributed by atoms with Crippen molar-refractivity contribution in [3.8, 4) is 11.3 Å². The zero-order valence-corrected chi connectivity index (χ0v) is 16.3. The molecule has 1 aliphatic heterocycles. The van der Waals surface area contributed by atoms with Crippen molar-refractivity contribution in [2.45, 2.75) is 12.7 Å². The summed E-state index contributed by atoms with van der Waals surface area (Å²) in [5.74, 6) is 0. The molecule has 1 saturated heterocycles. The van der Waals surface area contributed by atoms with Crippen LogP contribution in [0.25, 0.3) is 27.7 Å². The second-order valence-corrected chi connectivity index (χ2v) is 7.64. The Morgan fingerprint density at radius 2 is 1.70 bits per heavy atom. The van der Waals surface area contributed by atoms with E-state index in [1.54, 1.807) is 4.40 Å². The molecule has 1 aliphatic rings. The van der Waals surface area contributed by atoms with Crippen molar-refractivity contribution in [1.29, 1.82) is 0 Å². The first-order valence-corrected chi connectivity index (χ1v) is 9.99. The highest BCUT2D eigenvalue weighted by Gasteiger charge is 2.31. The average molecular weight is 410 g/mol. The number of hydrogen-bond donors (Lipinski definition) is 1. The lowest BCUT2D eigenvalue weighted by molar-refractivity contribution is -0.137. The zero-order chi connectivity index (χ0) is 20.7. The van der Waals surface area contributed by atoms with E-state index in [0.29, 0.717) is 12.2 Å². The Hall–Kier alpha value is -2.90. The molecule has 2 aromatic carbocycles. The largest absolute Gasteiger partial charge is 0.417 e. The van der Waals surface area contributed by atoms with Crippen LogP contribution in [-0.4, -0.2) is 40.5 Å². The maximum absolute atomic E-state index is 13.4. The molecule has 0 bridgehead atoms. The van der Waals surface area contributed by atoms with Gasteiger partial charge in [0, 0.05) is 44.5 Å². The van der Waals surface area contributed by atoms with Gasteiger partial charge in [0.15, 0.2) is 0 Å². The Morgan fingerprint density at radius 3 is 2.47 bits per heavy atom. The number of imidazole rings is 1. The van der Waals surface area contributed by atoms with Gasteiger partial charge in [0.2, 0.25) is 0 Å². The van der Waals surface area contributed by atoms with Crippen LogP contribution in [0.4, 0.5) is 13.2 Å². The lowest BCUT2D eigenvalue weighted by atomic mass is 10.0. The van der Waals surface area contributed by atoms with Gasteiger partial charge < -0.3 is 9.72 Å². The van der Waals surface area contributed by atoms with E-state index in [1.165, 1.54) is 12.3 Å². The van der Waals surface area contributed by atoms with Crippen LogP contribution in [0.2, 0.25) is 0 Å². The summed E-state index contributed by atoms with van der Waals surface area (Å²) in [4.78, 5) is 6.99. The first kappa shape index (κ1) is 19.1. The lowest BCUT2D eigenvalue weighted by Gasteiger charge is -2.27. The Kier molecular flexibility index (Phi) is 4.72. The van der Waals surface area contributed by atoms with Crippen LogP contribution in [0.1, 0.15) is 11.3 Å². The van der Waals surface area contributed by atoms with Crippen LogP contribution in [0, 0.1) is 0 Å². The summed E-state index contributed by atoms with van der Waals surface area (Å²) in [6.45, 7) is 3.99. The zero-order valence-electron chi connectivity index (χ0n) is 16.3. The van der Waals surface area contributed by atoms with Crippen molar-refractivity contribution in [2.75, 3.05) is 26.2 Å². The Bertz CT molecular complexity index is 1210. The summed E-state index contributed by atoms with van der Waals surface area (Å²) in [6, 6.07) is 16.7. The fourth-order valence-corrected chi connectivity index (χ4v) is 4.06. The molecule has 3 heterocycles. The number of nitrogens with zero attached hydrogens (tertiary/aromatic N) is 3. The molecule has 2 aromatic heterocycles. The number of hydrogen-bond acceptors (Lipinski definition) is 3. The number of nitrogens with one attached hydrogen (secondary N) is 1. The third-order valence-electron chi connectivity index (χ3n) is 5.65. The molecule has 154 valence electrons. The lowest BCUT2D eigenvalue weighted by Crippen LogP contribution is -2.43. The van der Waals surface area contributed by atoms with Crippen LogP contribution in [0.15, 0.2) is 60.8 Å². The molecule has 4 aromatic rings. The molecule has 5 rings (SSSR count). The Balaban J connectivity index is 1.67. The van der Waals surface area contributed by atoms with E-state index in [2.05, 4.69) is 16.3 Å².